The van der Waals surface area contributed by atoms with Crippen LogP contribution in [-0.2, 0) is 9.59 Å². The maximum atomic E-state index is 12.6. The zero-order chi connectivity index (χ0) is 20.2. The van der Waals surface area contributed by atoms with Crippen LogP contribution in [0.4, 0.5) is 5.69 Å². The molecule has 1 atom stereocenters. The van der Waals surface area contributed by atoms with Crippen LogP contribution < -0.4 is 14.4 Å². The van der Waals surface area contributed by atoms with Crippen LogP contribution in [0.5, 0.6) is 11.5 Å². The molecular weight excluding hydrogens is 366 g/mol. The van der Waals surface area contributed by atoms with Crippen molar-refractivity contribution in [3.63, 3.8) is 0 Å². The predicted molar refractivity (Wildman–Crippen MR) is 111 cm³/mol. The number of hydrogen-bond donors (Lipinski definition) is 0. The summed E-state index contributed by atoms with van der Waals surface area (Å²) in [4.78, 5) is 26.6. The molecule has 0 spiro atoms. The third kappa shape index (κ3) is 4.14. The molecule has 1 aliphatic heterocycles. The number of rotatable bonds is 5. The monoisotopic (exact) mass is 387 g/mol. The Morgan fingerprint density at radius 3 is 2.34 bits per heavy atom. The van der Waals surface area contributed by atoms with E-state index in [4.69, 9.17) is 9.47 Å². The van der Waals surface area contributed by atoms with E-state index in [1.807, 2.05) is 60.7 Å². The maximum absolute atomic E-state index is 12.6. The minimum Gasteiger partial charge on any atom is -0.497 e. The summed E-state index contributed by atoms with van der Waals surface area (Å²) in [7, 11) is 1.58. The van der Waals surface area contributed by atoms with Gasteiger partial charge in [0, 0.05) is 24.7 Å². The molecule has 3 aromatic rings. The maximum Gasteiger partial charge on any atom is 0.316 e. The fourth-order valence-electron chi connectivity index (χ4n) is 3.44. The highest BCUT2D eigenvalue weighted by Gasteiger charge is 2.36. The van der Waals surface area contributed by atoms with Crippen LogP contribution in [0.3, 0.4) is 0 Å². The zero-order valence-electron chi connectivity index (χ0n) is 16.1. The fourth-order valence-corrected chi connectivity index (χ4v) is 3.44. The Balaban J connectivity index is 1.42. The molecule has 4 rings (SSSR count). The summed E-state index contributed by atoms with van der Waals surface area (Å²) in [6, 6.07) is 24.6. The number of methoxy groups -OCH3 is 1. The van der Waals surface area contributed by atoms with Crippen molar-refractivity contribution < 1.29 is 19.1 Å². The third-order valence-corrected chi connectivity index (χ3v) is 5.00. The van der Waals surface area contributed by atoms with Crippen LogP contribution >= 0.6 is 0 Å². The molecule has 1 saturated heterocycles. The lowest BCUT2D eigenvalue weighted by Crippen LogP contribution is -2.27. The first kappa shape index (κ1) is 18.7. The largest absolute Gasteiger partial charge is 0.497 e. The summed E-state index contributed by atoms with van der Waals surface area (Å²) in [5, 5.41) is 0. The number of nitrogens with zero attached hydrogens (tertiary/aromatic N) is 1. The average Bonchev–Trinajstić information content (AvgIpc) is 3.17. The van der Waals surface area contributed by atoms with Crippen molar-refractivity contribution in [3.8, 4) is 22.6 Å². The molecule has 1 aliphatic rings. The van der Waals surface area contributed by atoms with Gasteiger partial charge in [-0.15, -0.1) is 0 Å². The van der Waals surface area contributed by atoms with Gasteiger partial charge in [0.25, 0.3) is 0 Å². The molecule has 5 nitrogen and oxygen atoms in total. The summed E-state index contributed by atoms with van der Waals surface area (Å²) < 4.78 is 10.7. The molecule has 0 unspecified atom stereocenters. The number of anilines is 1. The van der Waals surface area contributed by atoms with Crippen LogP contribution in [0.15, 0.2) is 78.9 Å². The minimum absolute atomic E-state index is 0.0976. The molecule has 5 heteroatoms. The molecular formula is C24H21NO4. The number of hydrogen-bond acceptors (Lipinski definition) is 4. The van der Waals surface area contributed by atoms with Gasteiger partial charge >= 0.3 is 5.97 Å². The standard InChI is InChI=1S/C24H21NO4/c1-28-22-9-5-8-20(15-22)25-16-19(14-23(25)26)24(27)29-21-12-10-18(11-13-21)17-6-3-2-4-7-17/h2-13,15,19H,14,16H2,1H3/t19-/m0/s1. The van der Waals surface area contributed by atoms with E-state index < -0.39 is 11.9 Å². The van der Waals surface area contributed by atoms with Gasteiger partial charge in [-0.1, -0.05) is 48.5 Å². The van der Waals surface area contributed by atoms with E-state index in [1.54, 1.807) is 30.2 Å². The SMILES string of the molecule is COc1cccc(N2C[C@@H](C(=O)Oc3ccc(-c4ccccc4)cc3)CC2=O)c1. The van der Waals surface area contributed by atoms with E-state index >= 15 is 0 Å². The van der Waals surface area contributed by atoms with E-state index in [1.165, 1.54) is 0 Å². The molecule has 0 bridgehead atoms. The molecule has 0 aromatic heterocycles. The van der Waals surface area contributed by atoms with Gasteiger partial charge in [0.2, 0.25) is 5.91 Å². The van der Waals surface area contributed by atoms with Crippen LogP contribution in [0.1, 0.15) is 6.42 Å². The Morgan fingerprint density at radius 1 is 0.897 bits per heavy atom. The molecule has 0 aliphatic carbocycles. The van der Waals surface area contributed by atoms with Crippen LogP contribution in [-0.4, -0.2) is 25.5 Å². The van der Waals surface area contributed by atoms with Crippen molar-refractivity contribution in [1.82, 2.24) is 0 Å². The molecule has 1 fully saturated rings. The second kappa shape index (κ2) is 8.19. The molecule has 1 amide bonds. The fraction of sp³-hybridized carbons (Fsp3) is 0.167. The first-order valence-corrected chi connectivity index (χ1v) is 9.45. The van der Waals surface area contributed by atoms with Gasteiger partial charge < -0.3 is 14.4 Å². The van der Waals surface area contributed by atoms with Gasteiger partial charge in [-0.2, -0.15) is 0 Å². The smallest absolute Gasteiger partial charge is 0.316 e. The van der Waals surface area contributed by atoms with Crippen LogP contribution in [0, 0.1) is 5.92 Å². The van der Waals surface area contributed by atoms with Gasteiger partial charge in [-0.05, 0) is 35.4 Å². The Labute approximate surface area is 169 Å². The predicted octanol–water partition coefficient (Wildman–Crippen LogP) is 4.32. The number of esters is 1. The highest BCUT2D eigenvalue weighted by molar-refractivity contribution is 5.99. The molecule has 146 valence electrons. The number of carbonyl (C=O) groups excluding carboxylic acids is 2. The number of amides is 1. The van der Waals surface area contributed by atoms with Crippen LogP contribution in [0.2, 0.25) is 0 Å². The Hall–Kier alpha value is -3.60. The molecule has 3 aromatic carbocycles. The summed E-state index contributed by atoms with van der Waals surface area (Å²) in [6.45, 7) is 0.299. The number of ether oxygens (including phenoxy) is 2. The first-order chi connectivity index (χ1) is 14.1. The first-order valence-electron chi connectivity index (χ1n) is 9.45. The summed E-state index contributed by atoms with van der Waals surface area (Å²) >= 11 is 0. The van der Waals surface area contributed by atoms with E-state index in [-0.39, 0.29) is 12.3 Å². The number of carbonyl (C=O) groups is 2. The van der Waals surface area contributed by atoms with Gasteiger partial charge in [0.1, 0.15) is 11.5 Å². The second-order valence-corrected chi connectivity index (χ2v) is 6.92. The quantitative estimate of drug-likeness (QED) is 0.483. The molecule has 29 heavy (non-hydrogen) atoms. The van der Waals surface area contributed by atoms with Crippen molar-refractivity contribution in [2.45, 2.75) is 6.42 Å². The van der Waals surface area contributed by atoms with Gasteiger partial charge in [0.05, 0.1) is 13.0 Å². The molecule has 0 N–H and O–H groups in total. The third-order valence-electron chi connectivity index (χ3n) is 5.00. The normalized spacial score (nSPS) is 16.0. The molecule has 0 saturated carbocycles. The Morgan fingerprint density at radius 2 is 1.62 bits per heavy atom. The lowest BCUT2D eigenvalue weighted by Gasteiger charge is -2.17. The van der Waals surface area contributed by atoms with E-state index in [9.17, 15) is 9.59 Å². The van der Waals surface area contributed by atoms with Crippen molar-refractivity contribution in [1.29, 1.82) is 0 Å². The van der Waals surface area contributed by atoms with Gasteiger partial charge in [0.15, 0.2) is 0 Å². The van der Waals surface area contributed by atoms with E-state index in [0.29, 0.717) is 18.0 Å². The van der Waals surface area contributed by atoms with Crippen molar-refractivity contribution in [3.05, 3.63) is 78.9 Å². The Bertz CT molecular complexity index is 1010. The zero-order valence-corrected chi connectivity index (χ0v) is 16.1. The lowest BCUT2D eigenvalue weighted by atomic mass is 10.1. The van der Waals surface area contributed by atoms with Crippen molar-refractivity contribution in [2.24, 2.45) is 5.92 Å². The van der Waals surface area contributed by atoms with Crippen molar-refractivity contribution >= 4 is 17.6 Å². The minimum atomic E-state index is -0.498. The van der Waals surface area contributed by atoms with Crippen LogP contribution in [0.25, 0.3) is 11.1 Å². The summed E-state index contributed by atoms with van der Waals surface area (Å²) in [5.41, 5.74) is 2.86. The summed E-state index contributed by atoms with van der Waals surface area (Å²) in [5.74, 6) is 0.153. The molecule has 1 heterocycles. The molecule has 0 radical (unpaired) electrons. The number of benzene rings is 3. The summed E-state index contributed by atoms with van der Waals surface area (Å²) in [6.07, 6.45) is 0.137. The topological polar surface area (TPSA) is 55.8 Å². The second-order valence-electron chi connectivity index (χ2n) is 6.92. The lowest BCUT2D eigenvalue weighted by molar-refractivity contribution is -0.139. The van der Waals surface area contributed by atoms with E-state index in [0.717, 1.165) is 16.8 Å². The average molecular weight is 387 g/mol. The van der Waals surface area contributed by atoms with Gasteiger partial charge in [-0.25, -0.2) is 0 Å². The van der Waals surface area contributed by atoms with Gasteiger partial charge in [-0.3, -0.25) is 9.59 Å². The van der Waals surface area contributed by atoms with Crippen molar-refractivity contribution in [2.75, 3.05) is 18.6 Å². The highest BCUT2D eigenvalue weighted by atomic mass is 16.5. The Kier molecular flexibility index (Phi) is 5.29. The van der Waals surface area contributed by atoms with E-state index in [2.05, 4.69) is 0 Å². The highest BCUT2D eigenvalue weighted by Crippen LogP contribution is 2.29.